The summed E-state index contributed by atoms with van der Waals surface area (Å²) in [5.41, 5.74) is -0.523. The van der Waals surface area contributed by atoms with E-state index in [-0.39, 0.29) is 28.0 Å². The number of nitrogens with zero attached hydrogens (tertiary/aromatic N) is 2. The van der Waals surface area contributed by atoms with E-state index in [0.717, 1.165) is 28.7 Å². The van der Waals surface area contributed by atoms with Crippen molar-refractivity contribution < 1.29 is 40.2 Å². The van der Waals surface area contributed by atoms with E-state index in [1.807, 2.05) is 0 Å². The molecule has 8 nitrogen and oxygen atoms in total. The first kappa shape index (κ1) is 25.9. The Morgan fingerprint density at radius 1 is 1.16 bits per heavy atom. The molecule has 0 aliphatic heterocycles. The summed E-state index contributed by atoms with van der Waals surface area (Å²) in [7, 11) is -1.79. The van der Waals surface area contributed by atoms with Crippen molar-refractivity contribution in [3.05, 3.63) is 51.4 Å². The fraction of sp³-hybridized carbons (Fsp3) is 0.294. The van der Waals surface area contributed by atoms with Crippen molar-refractivity contribution in [3.8, 4) is 11.6 Å². The molecule has 0 unspecified atom stereocenters. The highest BCUT2D eigenvalue weighted by Crippen LogP contribution is 2.29. The Morgan fingerprint density at radius 3 is 2.38 bits per heavy atom. The third-order valence-corrected chi connectivity index (χ3v) is 5.66. The molecule has 15 heteroatoms. The minimum Gasteiger partial charge on any atom is -0.487 e. The third-order valence-electron chi connectivity index (χ3n) is 3.63. The van der Waals surface area contributed by atoms with Crippen LogP contribution < -0.4 is 14.2 Å². The Hall–Kier alpha value is -2.35. The van der Waals surface area contributed by atoms with Crippen LogP contribution in [0.1, 0.15) is 15.9 Å². The number of pyridine rings is 1. The highest BCUT2D eigenvalue weighted by atomic mass is 35.5. The molecule has 0 saturated heterocycles. The third kappa shape index (κ3) is 7.08. The predicted octanol–water partition coefficient (Wildman–Crippen LogP) is 3.58. The lowest BCUT2D eigenvalue weighted by Gasteiger charge is -2.14. The fourth-order valence-corrected chi connectivity index (χ4v) is 3.00. The second kappa shape index (κ2) is 10.1. The zero-order valence-corrected chi connectivity index (χ0v) is 18.7. The number of hydrogen-bond donors (Lipinski definition) is 1. The molecule has 0 atom stereocenters. The zero-order chi connectivity index (χ0) is 24.3. The number of hydrogen-bond acceptors (Lipinski definition) is 6. The Kier molecular flexibility index (Phi) is 8.15. The van der Waals surface area contributed by atoms with Crippen LogP contribution in [0.2, 0.25) is 10.0 Å². The second-order valence-corrected chi connectivity index (χ2v) is 8.99. The molecule has 1 heterocycles. The van der Waals surface area contributed by atoms with Gasteiger partial charge in [-0.25, -0.2) is 14.1 Å². The molecule has 0 radical (unpaired) electrons. The van der Waals surface area contributed by atoms with Crippen LogP contribution in [-0.2, 0) is 16.8 Å². The van der Waals surface area contributed by atoms with Gasteiger partial charge in [0.05, 0.1) is 11.8 Å². The number of amides is 1. The molecule has 0 saturated carbocycles. The average Bonchev–Trinajstić information content (AvgIpc) is 2.66. The van der Waals surface area contributed by atoms with Gasteiger partial charge in [0, 0.05) is 30.7 Å². The summed E-state index contributed by atoms with van der Waals surface area (Å²) >= 11 is 11.8. The van der Waals surface area contributed by atoms with Gasteiger partial charge in [-0.1, -0.05) is 23.2 Å². The minimum absolute atomic E-state index is 0.0183. The van der Waals surface area contributed by atoms with Gasteiger partial charge in [-0.2, -0.15) is 25.9 Å². The molecular formula is C17H15Cl2F4N3O5S. The van der Waals surface area contributed by atoms with Gasteiger partial charge in [0.1, 0.15) is 23.2 Å². The highest BCUT2D eigenvalue weighted by Gasteiger charge is 2.29. The number of nitrogens with one attached hydrogen (secondary N) is 1. The summed E-state index contributed by atoms with van der Waals surface area (Å²) in [4.78, 5) is 15.7. The molecule has 2 aromatic rings. The van der Waals surface area contributed by atoms with E-state index in [1.165, 1.54) is 14.1 Å². The van der Waals surface area contributed by atoms with E-state index in [4.69, 9.17) is 27.9 Å². The van der Waals surface area contributed by atoms with E-state index >= 15 is 0 Å². The Morgan fingerprint density at radius 2 is 1.81 bits per heavy atom. The van der Waals surface area contributed by atoms with E-state index < -0.39 is 46.2 Å². The van der Waals surface area contributed by atoms with Crippen molar-refractivity contribution in [3.63, 3.8) is 0 Å². The maximum absolute atomic E-state index is 14.4. The molecule has 0 bridgehead atoms. The number of rotatable bonds is 8. The number of alkyl halides is 3. The molecule has 0 fully saturated rings. The molecule has 0 aliphatic carbocycles. The fourth-order valence-electron chi connectivity index (χ4n) is 2.04. The largest absolute Gasteiger partial charge is 0.487 e. The lowest BCUT2D eigenvalue weighted by Crippen LogP contribution is -2.39. The van der Waals surface area contributed by atoms with Gasteiger partial charge in [-0.15, -0.1) is 0 Å². The minimum atomic E-state index is -4.57. The SMILES string of the molecule is CN(C)S(=O)(=O)NC(=O)c1cc(Cl)c(COc2cnc(OCC(F)(F)F)c(Cl)c2)cc1F. The Bertz CT molecular complexity index is 1110. The number of carbonyl (C=O) groups is 1. The molecule has 32 heavy (non-hydrogen) atoms. The number of ether oxygens (including phenoxy) is 2. The Balaban J connectivity index is 2.10. The van der Waals surface area contributed by atoms with Crippen LogP contribution in [0.3, 0.4) is 0 Å². The van der Waals surface area contributed by atoms with E-state index in [0.29, 0.717) is 0 Å². The standard InChI is InChI=1S/C17H15Cl2F4N3O5S/c1-26(2)32(28,29)25-15(27)11-5-12(18)9(3-14(11)20)7-30-10-4-13(19)16(24-6-10)31-8-17(21,22)23/h3-6H,7-8H2,1-2H3,(H,25,27). The van der Waals surface area contributed by atoms with Crippen molar-refractivity contribution in [2.24, 2.45) is 0 Å². The van der Waals surface area contributed by atoms with Gasteiger partial charge in [-0.3, -0.25) is 4.79 Å². The number of aromatic nitrogens is 1. The van der Waals surface area contributed by atoms with Crippen molar-refractivity contribution >= 4 is 39.3 Å². The lowest BCUT2D eigenvalue weighted by atomic mass is 10.1. The van der Waals surface area contributed by atoms with Gasteiger partial charge in [0.25, 0.3) is 5.91 Å². The summed E-state index contributed by atoms with van der Waals surface area (Å²) in [5, 5.41) is -0.360. The van der Waals surface area contributed by atoms with Crippen LogP contribution in [0.4, 0.5) is 17.6 Å². The van der Waals surface area contributed by atoms with Crippen molar-refractivity contribution in [2.75, 3.05) is 20.7 Å². The summed E-state index contributed by atoms with van der Waals surface area (Å²) in [6.45, 7) is -1.90. The summed E-state index contributed by atoms with van der Waals surface area (Å²) < 4.78 is 86.6. The molecule has 1 amide bonds. The van der Waals surface area contributed by atoms with Crippen LogP contribution in [0, 0.1) is 5.82 Å². The first-order valence-electron chi connectivity index (χ1n) is 8.40. The van der Waals surface area contributed by atoms with Crippen LogP contribution in [0.5, 0.6) is 11.6 Å². The van der Waals surface area contributed by atoms with Crippen molar-refractivity contribution in [2.45, 2.75) is 12.8 Å². The van der Waals surface area contributed by atoms with Crippen LogP contribution in [-0.4, -0.2) is 50.5 Å². The zero-order valence-electron chi connectivity index (χ0n) is 16.3. The number of benzene rings is 1. The molecule has 1 N–H and O–H groups in total. The number of halogens is 6. The number of carbonyl (C=O) groups excluding carboxylic acids is 1. The smallest absolute Gasteiger partial charge is 0.422 e. The van der Waals surface area contributed by atoms with Crippen molar-refractivity contribution in [1.29, 1.82) is 0 Å². The monoisotopic (exact) mass is 519 g/mol. The normalized spacial score (nSPS) is 12.0. The van der Waals surface area contributed by atoms with Crippen molar-refractivity contribution in [1.82, 2.24) is 14.0 Å². The van der Waals surface area contributed by atoms with Crippen LogP contribution >= 0.6 is 23.2 Å². The van der Waals surface area contributed by atoms with Gasteiger partial charge >= 0.3 is 16.4 Å². The maximum atomic E-state index is 14.4. The molecule has 1 aromatic carbocycles. The molecule has 0 spiro atoms. The first-order chi connectivity index (χ1) is 14.7. The highest BCUT2D eigenvalue weighted by molar-refractivity contribution is 7.87. The summed E-state index contributed by atoms with van der Waals surface area (Å²) in [6.07, 6.45) is -3.53. The topological polar surface area (TPSA) is 97.8 Å². The second-order valence-electron chi connectivity index (χ2n) is 6.29. The van der Waals surface area contributed by atoms with Gasteiger partial charge in [0.15, 0.2) is 6.61 Å². The van der Waals surface area contributed by atoms with E-state index in [9.17, 15) is 30.8 Å². The Labute approximate surface area is 190 Å². The molecule has 176 valence electrons. The first-order valence-corrected chi connectivity index (χ1v) is 10.6. The predicted molar refractivity (Wildman–Crippen MR) is 107 cm³/mol. The van der Waals surface area contributed by atoms with E-state index in [2.05, 4.69) is 9.72 Å². The molecule has 1 aromatic heterocycles. The average molecular weight is 520 g/mol. The quantitative estimate of drug-likeness (QED) is 0.535. The lowest BCUT2D eigenvalue weighted by molar-refractivity contribution is -0.154. The summed E-state index contributed by atoms with van der Waals surface area (Å²) in [6, 6.07) is 2.93. The molecule has 0 aliphatic rings. The van der Waals surface area contributed by atoms with Crippen LogP contribution in [0.15, 0.2) is 24.4 Å². The maximum Gasteiger partial charge on any atom is 0.422 e. The van der Waals surface area contributed by atoms with E-state index in [1.54, 1.807) is 4.72 Å². The van der Waals surface area contributed by atoms with Gasteiger partial charge in [-0.05, 0) is 12.1 Å². The summed E-state index contributed by atoms with van der Waals surface area (Å²) in [5.74, 6) is -2.73. The van der Waals surface area contributed by atoms with Crippen LogP contribution in [0.25, 0.3) is 0 Å². The molecular weight excluding hydrogens is 505 g/mol. The molecule has 2 rings (SSSR count). The van der Waals surface area contributed by atoms with Gasteiger partial charge < -0.3 is 9.47 Å². The van der Waals surface area contributed by atoms with Gasteiger partial charge in [0.2, 0.25) is 5.88 Å².